The van der Waals surface area contributed by atoms with Gasteiger partial charge in [-0.05, 0) is 58.9 Å². The summed E-state index contributed by atoms with van der Waals surface area (Å²) in [6, 6.07) is 29.1. The predicted octanol–water partition coefficient (Wildman–Crippen LogP) is 6.29. The van der Waals surface area contributed by atoms with E-state index < -0.39 is 53.1 Å². The van der Waals surface area contributed by atoms with Crippen molar-refractivity contribution in [1.29, 1.82) is 0 Å². The molecule has 1 aliphatic heterocycles. The Kier molecular flexibility index (Phi) is 14.3. The van der Waals surface area contributed by atoms with Gasteiger partial charge in [0.1, 0.15) is 12.1 Å². The van der Waals surface area contributed by atoms with Crippen molar-refractivity contribution >= 4 is 23.9 Å². The van der Waals surface area contributed by atoms with Crippen LogP contribution in [0.25, 0.3) is 11.3 Å². The summed E-state index contributed by atoms with van der Waals surface area (Å²) in [5.74, 6) is -0.909. The number of pyridine rings is 1. The number of carbonyl (C=O) groups is 4. The molecule has 0 saturated carbocycles. The second kappa shape index (κ2) is 19.1. The van der Waals surface area contributed by atoms with Gasteiger partial charge in [0.15, 0.2) is 0 Å². The van der Waals surface area contributed by atoms with Crippen molar-refractivity contribution < 1.29 is 29.4 Å². The second-order valence-corrected chi connectivity index (χ2v) is 17.3. The van der Waals surface area contributed by atoms with Crippen molar-refractivity contribution in [2.24, 2.45) is 10.8 Å². The number of carbonyl (C=O) groups excluding carboxylic acids is 3. The number of aliphatic hydroxyl groups excluding tert-OH is 1. The quantitative estimate of drug-likeness (QED) is 0.0891. The number of nitrogens with one attached hydrogen (secondary N) is 3. The van der Waals surface area contributed by atoms with Crippen molar-refractivity contribution in [3.63, 3.8) is 0 Å². The first-order chi connectivity index (χ1) is 27.5. The monoisotopic (exact) mass is 790 g/mol. The zero-order chi connectivity index (χ0) is 42.0. The van der Waals surface area contributed by atoms with Gasteiger partial charge in [-0.2, -0.15) is 0 Å². The number of amides is 5. The number of aromatic nitrogens is 1. The normalized spacial score (nSPS) is 15.9. The van der Waals surface area contributed by atoms with E-state index in [1.165, 1.54) is 0 Å². The van der Waals surface area contributed by atoms with E-state index in [0.29, 0.717) is 26.1 Å². The maximum atomic E-state index is 14.5. The van der Waals surface area contributed by atoms with Crippen molar-refractivity contribution in [2.45, 2.75) is 97.6 Å². The summed E-state index contributed by atoms with van der Waals surface area (Å²) in [5.41, 5.74) is 3.06. The molecule has 5 rings (SSSR count). The average Bonchev–Trinajstić information content (AvgIpc) is 3.51. The smallest absolute Gasteiger partial charge is 0.405 e. The number of aliphatic hydroxyl groups is 1. The van der Waals surface area contributed by atoms with E-state index in [0.717, 1.165) is 27.9 Å². The van der Waals surface area contributed by atoms with Crippen LogP contribution in [0.3, 0.4) is 0 Å². The zero-order valence-corrected chi connectivity index (χ0v) is 34.4. The lowest BCUT2D eigenvalue weighted by Gasteiger charge is -2.38. The van der Waals surface area contributed by atoms with Gasteiger partial charge in [0, 0.05) is 37.4 Å². The lowest BCUT2D eigenvalue weighted by atomic mass is 9.84. The van der Waals surface area contributed by atoms with Gasteiger partial charge in [0.2, 0.25) is 11.8 Å². The van der Waals surface area contributed by atoms with Crippen LogP contribution in [0.1, 0.15) is 64.7 Å². The van der Waals surface area contributed by atoms with Gasteiger partial charge in [-0.15, -0.1) is 0 Å². The van der Waals surface area contributed by atoms with E-state index in [1.807, 2.05) is 124 Å². The van der Waals surface area contributed by atoms with Crippen molar-refractivity contribution in [3.05, 3.63) is 126 Å². The van der Waals surface area contributed by atoms with Crippen molar-refractivity contribution in [3.8, 4) is 11.3 Å². The van der Waals surface area contributed by atoms with Crippen LogP contribution < -0.4 is 16.0 Å². The lowest BCUT2D eigenvalue weighted by molar-refractivity contribution is -0.130. The Bertz CT molecular complexity index is 1970. The Morgan fingerprint density at radius 3 is 1.88 bits per heavy atom. The molecule has 0 unspecified atom stereocenters. The number of hydrogen-bond acceptors (Lipinski definition) is 6. The van der Waals surface area contributed by atoms with Crippen LogP contribution in [-0.2, 0) is 29.0 Å². The molecule has 1 aliphatic rings. The van der Waals surface area contributed by atoms with Crippen LogP contribution in [0.5, 0.6) is 0 Å². The van der Waals surface area contributed by atoms with E-state index in [1.54, 1.807) is 36.8 Å². The van der Waals surface area contributed by atoms with E-state index >= 15 is 0 Å². The largest absolute Gasteiger partial charge is 0.465 e. The summed E-state index contributed by atoms with van der Waals surface area (Å²) in [6.07, 6.45) is -0.151. The van der Waals surface area contributed by atoms with Gasteiger partial charge in [-0.3, -0.25) is 14.6 Å². The Morgan fingerprint density at radius 2 is 1.31 bits per heavy atom. The third kappa shape index (κ3) is 11.9. The van der Waals surface area contributed by atoms with Gasteiger partial charge in [-0.25, -0.2) is 9.59 Å². The highest BCUT2D eigenvalue weighted by Crippen LogP contribution is 2.29. The fourth-order valence-corrected chi connectivity index (χ4v) is 7.57. The molecule has 12 nitrogen and oxygen atoms in total. The molecule has 0 spiro atoms. The van der Waals surface area contributed by atoms with Gasteiger partial charge >= 0.3 is 12.1 Å². The Hall–Kier alpha value is -5.75. The van der Waals surface area contributed by atoms with E-state index in [2.05, 4.69) is 20.9 Å². The fourth-order valence-electron chi connectivity index (χ4n) is 7.57. The summed E-state index contributed by atoms with van der Waals surface area (Å²) >= 11 is 0. The third-order valence-corrected chi connectivity index (χ3v) is 10.5. The lowest BCUT2D eigenvalue weighted by Crippen LogP contribution is -2.59. The molecule has 4 aromatic rings. The molecule has 0 bridgehead atoms. The van der Waals surface area contributed by atoms with Crippen LogP contribution in [0, 0.1) is 10.8 Å². The molecule has 12 heteroatoms. The SMILES string of the molecule is CC(C)(C)[C@H](NC(=O)O)C(=O)N[C@@H](Cc1ccc(-c2ccccn2)cc1)[C@@H](O)C[C@H](Cc1ccccc1)NC(=O)[C@@H](N1CCN(Cc2ccccc2)C1=O)C(C)(C)C. The highest BCUT2D eigenvalue weighted by Gasteiger charge is 2.44. The number of carboxylic acid groups (broad SMARTS) is 1. The summed E-state index contributed by atoms with van der Waals surface area (Å²) < 4.78 is 0. The minimum absolute atomic E-state index is 0.0507. The van der Waals surface area contributed by atoms with Gasteiger partial charge in [0.25, 0.3) is 0 Å². The summed E-state index contributed by atoms with van der Waals surface area (Å²) in [4.78, 5) is 61.9. The number of benzene rings is 3. The van der Waals surface area contributed by atoms with Gasteiger partial charge < -0.3 is 36.0 Å². The molecule has 58 heavy (non-hydrogen) atoms. The van der Waals surface area contributed by atoms with Crippen LogP contribution in [0.15, 0.2) is 109 Å². The van der Waals surface area contributed by atoms with Crippen LogP contribution in [-0.4, -0.2) is 92.3 Å². The molecule has 5 N–H and O–H groups in total. The molecular formula is C46H58N6O6. The Morgan fingerprint density at radius 1 is 0.707 bits per heavy atom. The molecule has 2 heterocycles. The predicted molar refractivity (Wildman–Crippen MR) is 225 cm³/mol. The van der Waals surface area contributed by atoms with Gasteiger partial charge in [0.05, 0.1) is 17.8 Å². The van der Waals surface area contributed by atoms with Crippen LogP contribution in [0.2, 0.25) is 0 Å². The maximum Gasteiger partial charge on any atom is 0.405 e. The number of nitrogens with zero attached hydrogens (tertiary/aromatic N) is 3. The molecule has 0 radical (unpaired) electrons. The van der Waals surface area contributed by atoms with Crippen molar-refractivity contribution in [2.75, 3.05) is 13.1 Å². The highest BCUT2D eigenvalue weighted by molar-refractivity contribution is 5.89. The van der Waals surface area contributed by atoms with E-state index in [4.69, 9.17) is 0 Å². The summed E-state index contributed by atoms with van der Waals surface area (Å²) in [5, 5.41) is 30.3. The average molecular weight is 791 g/mol. The minimum atomic E-state index is -1.34. The van der Waals surface area contributed by atoms with Crippen LogP contribution in [0.4, 0.5) is 9.59 Å². The molecular weight excluding hydrogens is 733 g/mol. The maximum absolute atomic E-state index is 14.5. The molecule has 5 atom stereocenters. The summed E-state index contributed by atoms with van der Waals surface area (Å²) in [6.45, 7) is 12.4. The molecule has 3 aromatic carbocycles. The fraction of sp³-hybridized carbons (Fsp3) is 0.413. The highest BCUT2D eigenvalue weighted by atomic mass is 16.4. The Labute approximate surface area is 342 Å². The first-order valence-corrected chi connectivity index (χ1v) is 19.9. The molecule has 1 aromatic heterocycles. The second-order valence-electron chi connectivity index (χ2n) is 17.3. The molecule has 0 aliphatic carbocycles. The third-order valence-electron chi connectivity index (χ3n) is 10.5. The van der Waals surface area contributed by atoms with Gasteiger partial charge in [-0.1, -0.05) is 133 Å². The van der Waals surface area contributed by atoms with E-state index in [-0.39, 0.29) is 24.8 Å². The zero-order valence-electron chi connectivity index (χ0n) is 34.4. The first-order valence-electron chi connectivity index (χ1n) is 19.9. The van der Waals surface area contributed by atoms with E-state index in [9.17, 15) is 29.4 Å². The first kappa shape index (κ1) is 43.4. The van der Waals surface area contributed by atoms with Crippen molar-refractivity contribution in [1.82, 2.24) is 30.7 Å². The topological polar surface area (TPSA) is 164 Å². The number of urea groups is 1. The summed E-state index contributed by atoms with van der Waals surface area (Å²) in [7, 11) is 0. The molecule has 308 valence electrons. The number of hydrogen-bond donors (Lipinski definition) is 5. The van der Waals surface area contributed by atoms with Crippen LogP contribution >= 0.6 is 0 Å². The molecule has 1 saturated heterocycles. The number of rotatable bonds is 16. The standard InChI is InChI=1S/C46H58N6O6/c1-45(2,3)39(50-43(56)57)41(54)49-37(28-32-20-22-34(23-21-32)36-19-13-14-24-47-36)38(53)29-35(27-31-15-9-7-10-16-31)48-42(55)40(46(4,5)6)52-26-25-51(44(52)58)30-33-17-11-8-12-18-33/h7-24,35,37-40,50,53H,25-30H2,1-6H3,(H,48,55)(H,49,54)(H,56,57)/t35-,37-,38-,39+,40+/m0/s1. The molecule has 5 amide bonds. The molecule has 1 fully saturated rings. The Balaban J connectivity index is 1.41. The minimum Gasteiger partial charge on any atom is -0.465 e.